The van der Waals surface area contributed by atoms with Gasteiger partial charge in [-0.15, -0.1) is 0 Å². The van der Waals surface area contributed by atoms with Crippen LogP contribution in [0.3, 0.4) is 0 Å². The van der Waals surface area contributed by atoms with Crippen LogP contribution in [0.15, 0.2) is 12.7 Å². The molecule has 0 N–H and O–H groups in total. The molecule has 0 saturated heterocycles. The van der Waals surface area contributed by atoms with Gasteiger partial charge in [0, 0.05) is 6.26 Å². The summed E-state index contributed by atoms with van der Waals surface area (Å²) in [7, 11) is -2.88. The van der Waals surface area contributed by atoms with Gasteiger partial charge in [0.15, 0.2) is 5.05 Å². The smallest absolute Gasteiger partial charge is 0.183 e. The molecule has 0 bridgehead atoms. The molecule has 0 aliphatic heterocycles. The second-order valence-electron chi connectivity index (χ2n) is 2.36. The van der Waals surface area contributed by atoms with Gasteiger partial charge in [-0.2, -0.15) is 0 Å². The second kappa shape index (κ2) is 5.27. The lowest BCUT2D eigenvalue weighted by Crippen LogP contribution is -2.08. The van der Waals surface area contributed by atoms with Gasteiger partial charge in [-0.1, -0.05) is 6.58 Å². The van der Waals surface area contributed by atoms with Crippen molar-refractivity contribution in [3.8, 4) is 0 Å². The molecule has 0 heterocycles. The summed E-state index contributed by atoms with van der Waals surface area (Å²) in [4.78, 5) is 0. The van der Waals surface area contributed by atoms with E-state index < -0.39 is 9.84 Å². The molecule has 5 heteroatoms. The summed E-state index contributed by atoms with van der Waals surface area (Å²) in [6.45, 7) is 3.73. The van der Waals surface area contributed by atoms with Crippen LogP contribution in [0, 0.1) is 0 Å². The monoisotopic (exact) mass is 208 g/mol. The molecule has 0 unspecified atom stereocenters. The molecule has 12 heavy (non-hydrogen) atoms. The van der Waals surface area contributed by atoms with Crippen molar-refractivity contribution in [2.45, 2.75) is 6.42 Å². The molecule has 0 atom stereocenters. The first-order chi connectivity index (χ1) is 5.45. The van der Waals surface area contributed by atoms with E-state index in [2.05, 4.69) is 18.8 Å². The van der Waals surface area contributed by atoms with E-state index in [4.69, 9.17) is 4.74 Å². The van der Waals surface area contributed by atoms with Crippen molar-refractivity contribution in [3.63, 3.8) is 0 Å². The second-order valence-corrected chi connectivity index (χ2v) is 5.02. The van der Waals surface area contributed by atoms with Crippen LogP contribution < -0.4 is 0 Å². The molecule has 70 valence electrons. The van der Waals surface area contributed by atoms with E-state index in [1.54, 1.807) is 0 Å². The van der Waals surface area contributed by atoms with E-state index in [0.717, 1.165) is 0 Å². The molecule has 0 rings (SSSR count). The highest BCUT2D eigenvalue weighted by atomic mass is 32.2. The van der Waals surface area contributed by atoms with Gasteiger partial charge in [-0.25, -0.2) is 8.42 Å². The summed E-state index contributed by atoms with van der Waals surface area (Å²) in [5.41, 5.74) is 0. The standard InChI is InChI=1S/C7H12O3S2/c1-3-7(11)10-5-4-6-12(2,8)9/h3H,1,4-6H2,2H3. The van der Waals surface area contributed by atoms with E-state index >= 15 is 0 Å². The van der Waals surface area contributed by atoms with Crippen LogP contribution in [-0.2, 0) is 14.6 Å². The predicted molar refractivity (Wildman–Crippen MR) is 53.1 cm³/mol. The highest BCUT2D eigenvalue weighted by molar-refractivity contribution is 7.90. The number of ether oxygens (including phenoxy) is 1. The normalized spacial score (nSPS) is 10.8. The van der Waals surface area contributed by atoms with Gasteiger partial charge in [-0.05, 0) is 24.7 Å². The zero-order chi connectivity index (χ0) is 9.61. The topological polar surface area (TPSA) is 43.4 Å². The van der Waals surface area contributed by atoms with Gasteiger partial charge in [0.05, 0.1) is 12.4 Å². The van der Waals surface area contributed by atoms with Crippen molar-refractivity contribution in [2.24, 2.45) is 0 Å². The van der Waals surface area contributed by atoms with E-state index in [0.29, 0.717) is 18.1 Å². The Morgan fingerprint density at radius 2 is 2.25 bits per heavy atom. The maximum atomic E-state index is 10.6. The highest BCUT2D eigenvalue weighted by Crippen LogP contribution is 1.91. The van der Waals surface area contributed by atoms with Crippen LogP contribution in [0.4, 0.5) is 0 Å². The average Bonchev–Trinajstić information content (AvgIpc) is 1.96. The number of sulfone groups is 1. The van der Waals surface area contributed by atoms with E-state index in [1.165, 1.54) is 12.3 Å². The number of thiocarbonyl (C=S) groups is 1. The Morgan fingerprint density at radius 1 is 1.67 bits per heavy atom. The van der Waals surface area contributed by atoms with Crippen LogP contribution in [0.25, 0.3) is 0 Å². The molecular weight excluding hydrogens is 196 g/mol. The Labute approximate surface area is 78.3 Å². The lowest BCUT2D eigenvalue weighted by Gasteiger charge is -2.02. The van der Waals surface area contributed by atoms with Crippen molar-refractivity contribution in [2.75, 3.05) is 18.6 Å². The minimum absolute atomic E-state index is 0.132. The number of hydrogen-bond acceptors (Lipinski definition) is 4. The van der Waals surface area contributed by atoms with Crippen molar-refractivity contribution in [1.29, 1.82) is 0 Å². The molecule has 0 aliphatic rings. The summed E-state index contributed by atoms with van der Waals surface area (Å²) < 4.78 is 26.2. The lowest BCUT2D eigenvalue weighted by molar-refractivity contribution is 0.316. The van der Waals surface area contributed by atoms with Crippen LogP contribution in [0.2, 0.25) is 0 Å². The predicted octanol–water partition coefficient (Wildman–Crippen LogP) is 0.951. The fourth-order valence-electron chi connectivity index (χ4n) is 0.553. The number of rotatable bonds is 5. The van der Waals surface area contributed by atoms with E-state index in [-0.39, 0.29) is 5.75 Å². The Morgan fingerprint density at radius 3 is 2.67 bits per heavy atom. The molecule has 0 fully saturated rings. The summed E-state index contributed by atoms with van der Waals surface area (Å²) in [6, 6.07) is 0. The average molecular weight is 208 g/mol. The van der Waals surface area contributed by atoms with Crippen molar-refractivity contribution in [3.05, 3.63) is 12.7 Å². The Kier molecular flexibility index (Phi) is 5.08. The van der Waals surface area contributed by atoms with Crippen LogP contribution in [-0.4, -0.2) is 32.1 Å². The Bertz CT molecular complexity index is 254. The Hall–Kier alpha value is -0.420. The molecule has 0 spiro atoms. The third-order valence-corrected chi connectivity index (χ3v) is 2.39. The largest absolute Gasteiger partial charge is 0.483 e. The van der Waals surface area contributed by atoms with Crippen molar-refractivity contribution >= 4 is 27.1 Å². The maximum Gasteiger partial charge on any atom is 0.183 e. The van der Waals surface area contributed by atoms with E-state index in [1.807, 2.05) is 0 Å². The number of hydrogen-bond donors (Lipinski definition) is 0. The van der Waals surface area contributed by atoms with Gasteiger partial charge >= 0.3 is 0 Å². The van der Waals surface area contributed by atoms with E-state index in [9.17, 15) is 8.42 Å². The van der Waals surface area contributed by atoms with Gasteiger partial charge in [0.2, 0.25) is 0 Å². The third-order valence-electron chi connectivity index (χ3n) is 1.07. The molecule has 0 aromatic heterocycles. The maximum absolute atomic E-state index is 10.6. The first-order valence-electron chi connectivity index (χ1n) is 3.42. The fraction of sp³-hybridized carbons (Fsp3) is 0.571. The summed E-state index contributed by atoms with van der Waals surface area (Å²) in [5, 5.41) is 0.309. The molecule has 0 aromatic carbocycles. The minimum atomic E-state index is -2.88. The molecular formula is C7H12O3S2. The molecule has 0 saturated carbocycles. The lowest BCUT2D eigenvalue weighted by atomic mass is 10.5. The minimum Gasteiger partial charge on any atom is -0.483 e. The summed E-state index contributed by atoms with van der Waals surface area (Å²) in [5.74, 6) is 0.132. The van der Waals surface area contributed by atoms with Gasteiger partial charge in [-0.3, -0.25) is 0 Å². The fourth-order valence-corrected chi connectivity index (χ4v) is 1.28. The molecule has 0 radical (unpaired) electrons. The SMILES string of the molecule is C=CC(=S)OCCCS(C)(=O)=O. The third kappa shape index (κ3) is 7.68. The van der Waals surface area contributed by atoms with Gasteiger partial charge in [0.25, 0.3) is 0 Å². The molecule has 0 amide bonds. The molecule has 0 aromatic rings. The first kappa shape index (κ1) is 11.6. The van der Waals surface area contributed by atoms with Crippen molar-refractivity contribution < 1.29 is 13.2 Å². The van der Waals surface area contributed by atoms with Crippen molar-refractivity contribution in [1.82, 2.24) is 0 Å². The van der Waals surface area contributed by atoms with Gasteiger partial charge < -0.3 is 4.74 Å². The van der Waals surface area contributed by atoms with Crippen LogP contribution >= 0.6 is 12.2 Å². The van der Waals surface area contributed by atoms with Crippen LogP contribution in [0.5, 0.6) is 0 Å². The zero-order valence-electron chi connectivity index (χ0n) is 6.95. The van der Waals surface area contributed by atoms with Crippen LogP contribution in [0.1, 0.15) is 6.42 Å². The van der Waals surface area contributed by atoms with Gasteiger partial charge in [0.1, 0.15) is 9.84 Å². The molecule has 3 nitrogen and oxygen atoms in total. The quantitative estimate of drug-likeness (QED) is 0.383. The summed E-state index contributed by atoms with van der Waals surface area (Å²) >= 11 is 4.67. The first-order valence-corrected chi connectivity index (χ1v) is 5.89. The zero-order valence-corrected chi connectivity index (χ0v) is 8.58. The summed E-state index contributed by atoms with van der Waals surface area (Å²) in [6.07, 6.45) is 3.07. The molecule has 0 aliphatic carbocycles. The Balaban J connectivity index is 3.47. The highest BCUT2D eigenvalue weighted by Gasteiger charge is 2.01.